The summed E-state index contributed by atoms with van der Waals surface area (Å²) in [5.74, 6) is 0. The van der Waals surface area contributed by atoms with Gasteiger partial charge in [-0.1, -0.05) is 12.1 Å². The predicted molar refractivity (Wildman–Crippen MR) is 75.9 cm³/mol. The maximum Gasteiger partial charge on any atom is 0.416 e. The molecular formula is C14H8F3N3O2S. The van der Waals surface area contributed by atoms with Crippen LogP contribution >= 0.6 is 11.3 Å². The fraction of sp³-hybridized carbons (Fsp3) is 0.214. The Labute approximate surface area is 132 Å². The first-order valence-corrected chi connectivity index (χ1v) is 7.27. The van der Waals surface area contributed by atoms with Crippen LogP contribution in [0, 0.1) is 11.3 Å². The van der Waals surface area contributed by atoms with Crippen molar-refractivity contribution >= 4 is 22.6 Å². The van der Waals surface area contributed by atoms with Crippen LogP contribution in [0.5, 0.6) is 0 Å². The van der Waals surface area contributed by atoms with E-state index in [4.69, 9.17) is 5.26 Å². The lowest BCUT2D eigenvalue weighted by molar-refractivity contribution is -0.147. The number of thiazole rings is 1. The summed E-state index contributed by atoms with van der Waals surface area (Å²) in [6.45, 7) is -0.742. The van der Waals surface area contributed by atoms with Gasteiger partial charge in [-0.2, -0.15) is 18.4 Å². The topological polar surface area (TPSA) is 66.2 Å². The number of carbonyl (C=O) groups is 1. The van der Waals surface area contributed by atoms with Crippen molar-refractivity contribution in [3.8, 4) is 17.3 Å². The number of benzene rings is 1. The average Bonchev–Trinajstić information content (AvgIpc) is 3.13. The molecule has 23 heavy (non-hydrogen) atoms. The third-order valence-corrected chi connectivity index (χ3v) is 4.10. The van der Waals surface area contributed by atoms with Crippen molar-refractivity contribution in [2.24, 2.45) is 0 Å². The number of hydrogen-bond acceptors (Lipinski definition) is 5. The molecule has 2 heterocycles. The van der Waals surface area contributed by atoms with E-state index in [1.807, 2.05) is 6.07 Å². The molecule has 1 saturated heterocycles. The lowest BCUT2D eigenvalue weighted by atomic mass is 10.1. The molecule has 0 unspecified atom stereocenters. The minimum atomic E-state index is -4.59. The summed E-state index contributed by atoms with van der Waals surface area (Å²) in [5.41, 5.74) is 1.53. The third-order valence-electron chi connectivity index (χ3n) is 3.26. The van der Waals surface area contributed by atoms with Crippen molar-refractivity contribution in [1.29, 1.82) is 5.26 Å². The number of amides is 1. The van der Waals surface area contributed by atoms with Gasteiger partial charge in [-0.25, -0.2) is 14.7 Å². The van der Waals surface area contributed by atoms with Gasteiger partial charge < -0.3 is 4.74 Å². The van der Waals surface area contributed by atoms with Gasteiger partial charge in [0.05, 0.1) is 17.3 Å². The van der Waals surface area contributed by atoms with E-state index in [9.17, 15) is 18.0 Å². The molecule has 9 heteroatoms. The Bertz CT molecular complexity index is 780. The predicted octanol–water partition coefficient (Wildman–Crippen LogP) is 3.57. The normalized spacial score (nSPS) is 17.9. The molecule has 1 aliphatic rings. The third kappa shape index (κ3) is 2.85. The van der Waals surface area contributed by atoms with E-state index in [0.29, 0.717) is 21.7 Å². The molecule has 5 nitrogen and oxygen atoms in total. The molecule has 0 saturated carbocycles. The SMILES string of the molecule is N#Cc1ccc(-c2csc(N3C(=O)OC[C@@H]3C(F)(F)F)n2)cc1. The van der Waals surface area contributed by atoms with Gasteiger partial charge in [0.2, 0.25) is 0 Å². The van der Waals surface area contributed by atoms with E-state index in [1.165, 1.54) is 0 Å². The lowest BCUT2D eigenvalue weighted by Crippen LogP contribution is -2.44. The second-order valence-corrected chi connectivity index (χ2v) is 5.55. The first kappa shape index (κ1) is 15.3. The van der Waals surface area contributed by atoms with Gasteiger partial charge in [0, 0.05) is 10.9 Å². The molecule has 1 atom stereocenters. The van der Waals surface area contributed by atoms with Crippen molar-refractivity contribution in [1.82, 2.24) is 4.98 Å². The Morgan fingerprint density at radius 3 is 2.65 bits per heavy atom. The van der Waals surface area contributed by atoms with Gasteiger partial charge in [-0.05, 0) is 12.1 Å². The largest absolute Gasteiger partial charge is 0.447 e. The summed E-state index contributed by atoms with van der Waals surface area (Å²) in [5, 5.41) is 10.2. The fourth-order valence-electron chi connectivity index (χ4n) is 2.10. The number of anilines is 1. The molecule has 0 aliphatic carbocycles. The Kier molecular flexibility index (Phi) is 3.69. The zero-order chi connectivity index (χ0) is 16.6. The number of nitriles is 1. The van der Waals surface area contributed by atoms with Crippen molar-refractivity contribution in [3.63, 3.8) is 0 Å². The van der Waals surface area contributed by atoms with Gasteiger partial charge in [0.25, 0.3) is 0 Å². The number of halogens is 3. The van der Waals surface area contributed by atoms with Crippen LogP contribution in [0.1, 0.15) is 5.56 Å². The monoisotopic (exact) mass is 339 g/mol. The van der Waals surface area contributed by atoms with Crippen molar-refractivity contribution < 1.29 is 22.7 Å². The molecule has 1 amide bonds. The van der Waals surface area contributed by atoms with Crippen LogP contribution in [0.15, 0.2) is 29.6 Å². The number of carbonyl (C=O) groups excluding carboxylic acids is 1. The van der Waals surface area contributed by atoms with Crippen LogP contribution in [0.2, 0.25) is 0 Å². The van der Waals surface area contributed by atoms with E-state index in [2.05, 4.69) is 9.72 Å². The van der Waals surface area contributed by atoms with E-state index >= 15 is 0 Å². The van der Waals surface area contributed by atoms with E-state index in [0.717, 1.165) is 11.3 Å². The first-order chi connectivity index (χ1) is 10.9. The molecule has 1 fully saturated rings. The average molecular weight is 339 g/mol. The summed E-state index contributed by atoms with van der Waals surface area (Å²) in [6.07, 6.45) is -5.65. The number of cyclic esters (lactones) is 1. The summed E-state index contributed by atoms with van der Waals surface area (Å²) >= 11 is 0.924. The molecule has 1 aromatic heterocycles. The molecule has 118 valence electrons. The standard InChI is InChI=1S/C14H8F3N3O2S/c15-14(16,17)11-6-22-13(21)20(11)12-19-10(7-23-12)9-3-1-8(5-18)2-4-9/h1-4,7,11H,6H2/t11-/m1/s1. The quantitative estimate of drug-likeness (QED) is 0.839. The number of ether oxygens (including phenoxy) is 1. The summed E-state index contributed by atoms with van der Waals surface area (Å²) < 4.78 is 43.4. The summed E-state index contributed by atoms with van der Waals surface area (Å²) in [7, 11) is 0. The van der Waals surface area contributed by atoms with Gasteiger partial charge in [0.15, 0.2) is 11.2 Å². The van der Waals surface area contributed by atoms with Gasteiger partial charge in [-0.15, -0.1) is 11.3 Å². The molecule has 0 radical (unpaired) electrons. The molecule has 0 bridgehead atoms. The highest BCUT2D eigenvalue weighted by molar-refractivity contribution is 7.14. The number of hydrogen-bond donors (Lipinski definition) is 0. The lowest BCUT2D eigenvalue weighted by Gasteiger charge is -2.20. The van der Waals surface area contributed by atoms with E-state index < -0.39 is 24.9 Å². The van der Waals surface area contributed by atoms with Crippen LogP contribution in [0.3, 0.4) is 0 Å². The zero-order valence-corrected chi connectivity index (χ0v) is 12.2. The summed E-state index contributed by atoms with van der Waals surface area (Å²) in [6, 6.07) is 6.38. The van der Waals surface area contributed by atoms with Gasteiger partial charge in [0.1, 0.15) is 6.61 Å². The molecule has 1 aromatic carbocycles. The zero-order valence-electron chi connectivity index (χ0n) is 11.4. The number of rotatable bonds is 2. The molecule has 0 N–H and O–H groups in total. The molecular weight excluding hydrogens is 331 g/mol. The second kappa shape index (κ2) is 5.55. The van der Waals surface area contributed by atoms with Crippen LogP contribution in [0.4, 0.5) is 23.1 Å². The Balaban J connectivity index is 1.91. The van der Waals surface area contributed by atoms with E-state index in [1.54, 1.807) is 29.6 Å². The fourth-order valence-corrected chi connectivity index (χ4v) is 2.97. The van der Waals surface area contributed by atoms with Gasteiger partial charge >= 0.3 is 12.3 Å². The molecule has 0 spiro atoms. The second-order valence-electron chi connectivity index (χ2n) is 4.71. The molecule has 3 rings (SSSR count). The maximum absolute atomic E-state index is 13.0. The Morgan fingerprint density at radius 1 is 1.35 bits per heavy atom. The summed E-state index contributed by atoms with van der Waals surface area (Å²) in [4.78, 5) is 16.2. The van der Waals surface area contributed by atoms with Crippen LogP contribution in [-0.4, -0.2) is 29.9 Å². The minimum absolute atomic E-state index is 0.0748. The van der Waals surface area contributed by atoms with Gasteiger partial charge in [-0.3, -0.25) is 0 Å². The van der Waals surface area contributed by atoms with Crippen LogP contribution < -0.4 is 4.90 Å². The maximum atomic E-state index is 13.0. The first-order valence-electron chi connectivity index (χ1n) is 6.39. The van der Waals surface area contributed by atoms with Crippen LogP contribution in [-0.2, 0) is 4.74 Å². The highest BCUT2D eigenvalue weighted by atomic mass is 32.1. The van der Waals surface area contributed by atoms with Crippen molar-refractivity contribution in [2.45, 2.75) is 12.2 Å². The highest BCUT2D eigenvalue weighted by Crippen LogP contribution is 2.36. The minimum Gasteiger partial charge on any atom is -0.447 e. The Hall–Kier alpha value is -2.60. The smallest absolute Gasteiger partial charge is 0.416 e. The number of nitrogens with zero attached hydrogens (tertiary/aromatic N) is 3. The van der Waals surface area contributed by atoms with Crippen molar-refractivity contribution in [3.05, 3.63) is 35.2 Å². The molecule has 1 aliphatic heterocycles. The number of alkyl halides is 3. The highest BCUT2D eigenvalue weighted by Gasteiger charge is 2.52. The van der Waals surface area contributed by atoms with Crippen LogP contribution in [0.25, 0.3) is 11.3 Å². The molecule has 2 aromatic rings. The van der Waals surface area contributed by atoms with E-state index in [-0.39, 0.29) is 5.13 Å². The number of aromatic nitrogens is 1. The van der Waals surface area contributed by atoms with Crippen molar-refractivity contribution in [2.75, 3.05) is 11.5 Å². The Morgan fingerprint density at radius 2 is 2.04 bits per heavy atom.